The summed E-state index contributed by atoms with van der Waals surface area (Å²) in [4.78, 5) is 0. The van der Waals surface area contributed by atoms with E-state index in [2.05, 4.69) is 29.5 Å². The first-order chi connectivity index (χ1) is 7.86. The van der Waals surface area contributed by atoms with Gasteiger partial charge in [0.25, 0.3) is 0 Å². The number of unbranched alkanes of at least 4 members (excludes halogenated alkanes) is 1. The Balaban J connectivity index is 1.92. The molecular formula is C12H24N4. The quantitative estimate of drug-likeness (QED) is 0.653. The number of aryl methyl sites for hydroxylation is 1. The summed E-state index contributed by atoms with van der Waals surface area (Å²) in [6, 6.07) is 0. The first-order valence-electron chi connectivity index (χ1n) is 6.41. The highest BCUT2D eigenvalue weighted by Gasteiger charge is 2.01. The summed E-state index contributed by atoms with van der Waals surface area (Å²) >= 11 is 0. The predicted molar refractivity (Wildman–Crippen MR) is 66.2 cm³/mol. The highest BCUT2D eigenvalue weighted by molar-refractivity contribution is 4.64. The van der Waals surface area contributed by atoms with E-state index in [-0.39, 0.29) is 0 Å². The van der Waals surface area contributed by atoms with Crippen molar-refractivity contribution in [3.63, 3.8) is 0 Å². The molecule has 92 valence electrons. The SMILES string of the molecule is CCC(CC)CNCCCCn1ccnn1. The Bertz CT molecular complexity index is 242. The summed E-state index contributed by atoms with van der Waals surface area (Å²) in [5.41, 5.74) is 0. The Morgan fingerprint density at radius 1 is 1.25 bits per heavy atom. The lowest BCUT2D eigenvalue weighted by atomic mass is 10.0. The fourth-order valence-electron chi connectivity index (χ4n) is 1.76. The molecule has 0 atom stereocenters. The third-order valence-electron chi connectivity index (χ3n) is 3.05. The van der Waals surface area contributed by atoms with Crippen LogP contribution in [0.5, 0.6) is 0 Å². The highest BCUT2D eigenvalue weighted by atomic mass is 15.4. The van der Waals surface area contributed by atoms with Gasteiger partial charge in [0, 0.05) is 12.7 Å². The van der Waals surface area contributed by atoms with Gasteiger partial charge in [0.1, 0.15) is 0 Å². The summed E-state index contributed by atoms with van der Waals surface area (Å²) in [6.45, 7) is 7.79. The maximum Gasteiger partial charge on any atom is 0.0692 e. The minimum absolute atomic E-state index is 0.843. The third kappa shape index (κ3) is 5.26. The molecule has 1 aromatic heterocycles. The van der Waals surface area contributed by atoms with E-state index in [1.807, 2.05) is 10.9 Å². The molecule has 0 spiro atoms. The minimum Gasteiger partial charge on any atom is -0.316 e. The van der Waals surface area contributed by atoms with Gasteiger partial charge < -0.3 is 5.32 Å². The van der Waals surface area contributed by atoms with Crippen molar-refractivity contribution in [2.45, 2.75) is 46.1 Å². The monoisotopic (exact) mass is 224 g/mol. The van der Waals surface area contributed by atoms with E-state index >= 15 is 0 Å². The van der Waals surface area contributed by atoms with Crippen molar-refractivity contribution in [2.24, 2.45) is 5.92 Å². The van der Waals surface area contributed by atoms with E-state index in [0.29, 0.717) is 0 Å². The second kappa shape index (κ2) is 8.28. The summed E-state index contributed by atoms with van der Waals surface area (Å²) < 4.78 is 1.89. The number of hydrogen-bond donors (Lipinski definition) is 1. The Morgan fingerprint density at radius 3 is 2.69 bits per heavy atom. The molecule has 16 heavy (non-hydrogen) atoms. The molecule has 1 heterocycles. The fourth-order valence-corrected chi connectivity index (χ4v) is 1.76. The normalized spacial score (nSPS) is 11.2. The lowest BCUT2D eigenvalue weighted by molar-refractivity contribution is 0.439. The molecule has 1 aromatic rings. The molecule has 4 heteroatoms. The average molecular weight is 224 g/mol. The predicted octanol–water partition coefficient (Wildman–Crippen LogP) is 2.08. The molecule has 0 amide bonds. The summed E-state index contributed by atoms with van der Waals surface area (Å²) in [5.74, 6) is 0.843. The van der Waals surface area contributed by atoms with Crippen LogP contribution in [0, 0.1) is 5.92 Å². The third-order valence-corrected chi connectivity index (χ3v) is 3.05. The minimum atomic E-state index is 0.843. The van der Waals surface area contributed by atoms with Gasteiger partial charge in [0.2, 0.25) is 0 Å². The lowest BCUT2D eigenvalue weighted by Gasteiger charge is -2.12. The maximum atomic E-state index is 3.94. The van der Waals surface area contributed by atoms with Crippen LogP contribution in [-0.4, -0.2) is 28.1 Å². The molecule has 0 saturated carbocycles. The Morgan fingerprint density at radius 2 is 2.06 bits per heavy atom. The molecule has 0 aliphatic carbocycles. The molecular weight excluding hydrogens is 200 g/mol. The van der Waals surface area contributed by atoms with Gasteiger partial charge in [0.05, 0.1) is 6.20 Å². The largest absolute Gasteiger partial charge is 0.316 e. The smallest absolute Gasteiger partial charge is 0.0692 e. The number of aromatic nitrogens is 3. The van der Waals surface area contributed by atoms with Crippen LogP contribution in [0.2, 0.25) is 0 Å². The summed E-state index contributed by atoms with van der Waals surface area (Å²) in [5, 5.41) is 11.2. The molecule has 0 fully saturated rings. The number of nitrogens with one attached hydrogen (secondary N) is 1. The second-order valence-corrected chi connectivity index (χ2v) is 4.26. The van der Waals surface area contributed by atoms with Gasteiger partial charge in [-0.1, -0.05) is 31.9 Å². The van der Waals surface area contributed by atoms with Gasteiger partial charge in [-0.15, -0.1) is 5.10 Å². The molecule has 0 unspecified atom stereocenters. The van der Waals surface area contributed by atoms with Gasteiger partial charge in [-0.25, -0.2) is 0 Å². The van der Waals surface area contributed by atoms with E-state index in [9.17, 15) is 0 Å². The second-order valence-electron chi connectivity index (χ2n) is 4.26. The lowest BCUT2D eigenvalue weighted by Crippen LogP contribution is -2.23. The topological polar surface area (TPSA) is 42.7 Å². The van der Waals surface area contributed by atoms with Crippen LogP contribution in [0.3, 0.4) is 0 Å². The van der Waals surface area contributed by atoms with E-state index in [1.165, 1.54) is 25.7 Å². The number of rotatable bonds is 9. The van der Waals surface area contributed by atoms with Crippen molar-refractivity contribution < 1.29 is 0 Å². The number of hydrogen-bond acceptors (Lipinski definition) is 3. The maximum absolute atomic E-state index is 3.94. The van der Waals surface area contributed by atoms with E-state index < -0.39 is 0 Å². The van der Waals surface area contributed by atoms with Crippen molar-refractivity contribution in [3.05, 3.63) is 12.4 Å². The van der Waals surface area contributed by atoms with Crippen LogP contribution >= 0.6 is 0 Å². The molecule has 0 radical (unpaired) electrons. The Hall–Kier alpha value is -0.900. The van der Waals surface area contributed by atoms with Crippen LogP contribution in [0.4, 0.5) is 0 Å². The van der Waals surface area contributed by atoms with E-state index in [4.69, 9.17) is 0 Å². The van der Waals surface area contributed by atoms with Crippen molar-refractivity contribution in [3.8, 4) is 0 Å². The van der Waals surface area contributed by atoms with Crippen LogP contribution in [0.1, 0.15) is 39.5 Å². The first-order valence-corrected chi connectivity index (χ1v) is 6.41. The van der Waals surface area contributed by atoms with Crippen LogP contribution < -0.4 is 5.32 Å². The van der Waals surface area contributed by atoms with Gasteiger partial charge in [-0.2, -0.15) is 0 Å². The van der Waals surface area contributed by atoms with Gasteiger partial charge >= 0.3 is 0 Å². The Kier molecular flexibility index (Phi) is 6.81. The highest BCUT2D eigenvalue weighted by Crippen LogP contribution is 2.04. The zero-order valence-electron chi connectivity index (χ0n) is 10.5. The van der Waals surface area contributed by atoms with Crippen LogP contribution in [0.15, 0.2) is 12.4 Å². The summed E-state index contributed by atoms with van der Waals surface area (Å²) in [7, 11) is 0. The van der Waals surface area contributed by atoms with Crippen molar-refractivity contribution in [1.29, 1.82) is 0 Å². The van der Waals surface area contributed by atoms with Gasteiger partial charge in [-0.3, -0.25) is 4.68 Å². The van der Waals surface area contributed by atoms with Crippen LogP contribution in [-0.2, 0) is 6.54 Å². The van der Waals surface area contributed by atoms with Crippen LogP contribution in [0.25, 0.3) is 0 Å². The molecule has 0 aliphatic rings. The molecule has 0 saturated heterocycles. The standard InChI is InChI=1S/C12H24N4/c1-3-12(4-2)11-13-7-5-6-9-16-10-8-14-15-16/h8,10,12-13H,3-7,9,11H2,1-2H3. The molecule has 0 aromatic carbocycles. The molecule has 1 N–H and O–H groups in total. The van der Waals surface area contributed by atoms with E-state index in [1.54, 1.807) is 6.20 Å². The number of nitrogens with zero attached hydrogens (tertiary/aromatic N) is 3. The van der Waals surface area contributed by atoms with Gasteiger partial charge in [-0.05, 0) is 31.8 Å². The molecule has 1 rings (SSSR count). The summed E-state index contributed by atoms with van der Waals surface area (Å²) in [6.07, 6.45) is 8.58. The van der Waals surface area contributed by atoms with Crippen molar-refractivity contribution in [2.75, 3.05) is 13.1 Å². The molecule has 4 nitrogen and oxygen atoms in total. The van der Waals surface area contributed by atoms with E-state index in [0.717, 1.165) is 25.6 Å². The fraction of sp³-hybridized carbons (Fsp3) is 0.833. The molecule has 0 aliphatic heterocycles. The molecule has 0 bridgehead atoms. The zero-order valence-corrected chi connectivity index (χ0v) is 10.5. The first kappa shape index (κ1) is 13.2. The van der Waals surface area contributed by atoms with Crippen molar-refractivity contribution >= 4 is 0 Å². The zero-order chi connectivity index (χ0) is 11.6. The van der Waals surface area contributed by atoms with Crippen molar-refractivity contribution in [1.82, 2.24) is 20.3 Å². The average Bonchev–Trinajstić information content (AvgIpc) is 2.81. The van der Waals surface area contributed by atoms with Gasteiger partial charge in [0.15, 0.2) is 0 Å². The Labute approximate surface area is 98.4 Å².